The fourth-order valence-electron chi connectivity index (χ4n) is 2.90. The van der Waals surface area contributed by atoms with Crippen LogP contribution in [0.1, 0.15) is 27.2 Å². The predicted octanol–water partition coefficient (Wildman–Crippen LogP) is 2.69. The average molecular weight is 408 g/mol. The van der Waals surface area contributed by atoms with Crippen LogP contribution in [0.3, 0.4) is 0 Å². The smallest absolute Gasteiger partial charge is 0.280 e. The van der Waals surface area contributed by atoms with Crippen molar-refractivity contribution in [2.75, 3.05) is 23.5 Å². The summed E-state index contributed by atoms with van der Waals surface area (Å²) >= 11 is 0. The standard InChI is InChI=1S/C21H24N6O3/c1-12-5-7-14(3)15(9-12)23-18(28)11-27-20(22)19(25-26-27)21(29)24-16-10-13(2)6-8-17(16)30-4/h5-10H,11,22H2,1-4H3,(H,23,28)(H,24,29). The molecule has 0 fully saturated rings. The Morgan fingerprint density at radius 1 is 1.03 bits per heavy atom. The summed E-state index contributed by atoms with van der Waals surface area (Å²) in [5.74, 6) is -0.367. The maximum Gasteiger partial charge on any atom is 0.280 e. The van der Waals surface area contributed by atoms with E-state index in [4.69, 9.17) is 10.5 Å². The Balaban J connectivity index is 1.72. The lowest BCUT2D eigenvalue weighted by Gasteiger charge is -2.11. The number of nitrogens with two attached hydrogens (primary N) is 1. The second-order valence-corrected chi connectivity index (χ2v) is 7.01. The minimum atomic E-state index is -0.544. The number of hydrogen-bond donors (Lipinski definition) is 3. The Labute approximate surface area is 174 Å². The Morgan fingerprint density at radius 2 is 1.70 bits per heavy atom. The first-order valence-electron chi connectivity index (χ1n) is 9.30. The first-order valence-corrected chi connectivity index (χ1v) is 9.30. The summed E-state index contributed by atoms with van der Waals surface area (Å²) in [5, 5.41) is 13.2. The Kier molecular flexibility index (Phi) is 6.01. The van der Waals surface area contributed by atoms with Crippen molar-refractivity contribution in [2.24, 2.45) is 0 Å². The number of nitrogen functional groups attached to an aromatic ring is 1. The number of ether oxygens (including phenoxy) is 1. The van der Waals surface area contributed by atoms with Gasteiger partial charge in [-0.25, -0.2) is 4.68 Å². The number of nitrogens with one attached hydrogen (secondary N) is 2. The van der Waals surface area contributed by atoms with Gasteiger partial charge in [-0.2, -0.15) is 0 Å². The van der Waals surface area contributed by atoms with Crippen LogP contribution < -0.4 is 21.1 Å². The third-order valence-corrected chi connectivity index (χ3v) is 4.55. The van der Waals surface area contributed by atoms with Gasteiger partial charge in [0.1, 0.15) is 12.3 Å². The molecule has 4 N–H and O–H groups in total. The molecule has 0 bridgehead atoms. The number of aromatic nitrogens is 3. The highest BCUT2D eigenvalue weighted by atomic mass is 16.5. The molecule has 9 heteroatoms. The molecule has 1 heterocycles. The Morgan fingerprint density at radius 3 is 2.40 bits per heavy atom. The maximum absolute atomic E-state index is 12.6. The summed E-state index contributed by atoms with van der Waals surface area (Å²) in [6.07, 6.45) is 0. The normalized spacial score (nSPS) is 10.5. The second kappa shape index (κ2) is 8.64. The van der Waals surface area contributed by atoms with E-state index >= 15 is 0 Å². The zero-order valence-corrected chi connectivity index (χ0v) is 17.3. The summed E-state index contributed by atoms with van der Waals surface area (Å²) in [6, 6.07) is 11.2. The van der Waals surface area contributed by atoms with E-state index in [1.165, 1.54) is 11.8 Å². The molecule has 0 spiro atoms. The van der Waals surface area contributed by atoms with Gasteiger partial charge in [-0.15, -0.1) is 5.10 Å². The molecule has 2 amide bonds. The van der Waals surface area contributed by atoms with Gasteiger partial charge in [0.25, 0.3) is 5.91 Å². The van der Waals surface area contributed by atoms with Crippen molar-refractivity contribution in [1.82, 2.24) is 15.0 Å². The van der Waals surface area contributed by atoms with Crippen LogP contribution in [0.2, 0.25) is 0 Å². The van der Waals surface area contributed by atoms with Crippen LogP contribution in [0.4, 0.5) is 17.2 Å². The molecular formula is C21H24N6O3. The van der Waals surface area contributed by atoms with Gasteiger partial charge < -0.3 is 21.1 Å². The van der Waals surface area contributed by atoms with Crippen molar-refractivity contribution in [3.63, 3.8) is 0 Å². The molecular weight excluding hydrogens is 384 g/mol. The van der Waals surface area contributed by atoms with Crippen molar-refractivity contribution < 1.29 is 14.3 Å². The van der Waals surface area contributed by atoms with Crippen LogP contribution in [0, 0.1) is 20.8 Å². The van der Waals surface area contributed by atoms with Gasteiger partial charge in [0.05, 0.1) is 12.8 Å². The molecule has 2 aromatic carbocycles. The van der Waals surface area contributed by atoms with Crippen LogP contribution in [0.15, 0.2) is 36.4 Å². The minimum Gasteiger partial charge on any atom is -0.495 e. The zero-order chi connectivity index (χ0) is 21.8. The lowest BCUT2D eigenvalue weighted by atomic mass is 10.1. The first kappa shape index (κ1) is 20.8. The number of nitrogens with zero attached hydrogens (tertiary/aromatic N) is 3. The molecule has 0 radical (unpaired) electrons. The molecule has 0 aliphatic rings. The van der Waals surface area contributed by atoms with Crippen molar-refractivity contribution in [1.29, 1.82) is 0 Å². The molecule has 0 saturated carbocycles. The largest absolute Gasteiger partial charge is 0.495 e. The molecule has 0 aliphatic carbocycles. The molecule has 0 aliphatic heterocycles. The summed E-state index contributed by atoms with van der Waals surface area (Å²) in [7, 11) is 1.51. The van der Waals surface area contributed by atoms with Gasteiger partial charge in [0, 0.05) is 5.69 Å². The van der Waals surface area contributed by atoms with Crippen molar-refractivity contribution in [3.8, 4) is 5.75 Å². The number of rotatable bonds is 6. The van der Waals surface area contributed by atoms with E-state index in [-0.39, 0.29) is 24.0 Å². The lowest BCUT2D eigenvalue weighted by Crippen LogP contribution is -2.22. The van der Waals surface area contributed by atoms with Crippen molar-refractivity contribution >= 4 is 29.0 Å². The van der Waals surface area contributed by atoms with Gasteiger partial charge >= 0.3 is 0 Å². The number of amides is 2. The monoisotopic (exact) mass is 408 g/mol. The number of carbonyl (C=O) groups excluding carboxylic acids is 2. The average Bonchev–Trinajstić information content (AvgIpc) is 3.05. The molecule has 3 aromatic rings. The van der Waals surface area contributed by atoms with E-state index in [2.05, 4.69) is 20.9 Å². The van der Waals surface area contributed by atoms with Gasteiger partial charge in [-0.05, 0) is 55.7 Å². The van der Waals surface area contributed by atoms with Gasteiger partial charge in [-0.1, -0.05) is 23.4 Å². The van der Waals surface area contributed by atoms with Gasteiger partial charge in [0.2, 0.25) is 5.91 Å². The molecule has 0 atom stereocenters. The minimum absolute atomic E-state index is 0.00441. The SMILES string of the molecule is COc1ccc(C)cc1NC(=O)c1nnn(CC(=O)Nc2cc(C)ccc2C)c1N. The molecule has 0 saturated heterocycles. The highest BCUT2D eigenvalue weighted by molar-refractivity contribution is 6.06. The predicted molar refractivity (Wildman–Crippen MR) is 115 cm³/mol. The second-order valence-electron chi connectivity index (χ2n) is 7.01. The van der Waals surface area contributed by atoms with Crippen molar-refractivity contribution in [2.45, 2.75) is 27.3 Å². The lowest BCUT2D eigenvalue weighted by molar-refractivity contribution is -0.116. The number of hydrogen-bond acceptors (Lipinski definition) is 6. The molecule has 3 rings (SSSR count). The highest BCUT2D eigenvalue weighted by Crippen LogP contribution is 2.26. The maximum atomic E-state index is 12.6. The Hall–Kier alpha value is -3.88. The number of aryl methyl sites for hydroxylation is 3. The molecule has 30 heavy (non-hydrogen) atoms. The van der Waals surface area contributed by atoms with Crippen LogP contribution in [-0.2, 0) is 11.3 Å². The van der Waals surface area contributed by atoms with E-state index in [1.54, 1.807) is 12.1 Å². The van der Waals surface area contributed by atoms with Crippen LogP contribution in [-0.4, -0.2) is 33.9 Å². The number of benzene rings is 2. The number of carbonyl (C=O) groups is 2. The zero-order valence-electron chi connectivity index (χ0n) is 17.3. The summed E-state index contributed by atoms with van der Waals surface area (Å²) < 4.78 is 6.44. The molecule has 9 nitrogen and oxygen atoms in total. The molecule has 1 aromatic heterocycles. The third-order valence-electron chi connectivity index (χ3n) is 4.55. The summed E-state index contributed by atoms with van der Waals surface area (Å²) in [5.41, 5.74) is 10.1. The van der Waals surface area contributed by atoms with E-state index in [0.29, 0.717) is 17.1 Å². The first-order chi connectivity index (χ1) is 14.3. The van der Waals surface area contributed by atoms with E-state index in [9.17, 15) is 9.59 Å². The molecule has 0 unspecified atom stereocenters. The van der Waals surface area contributed by atoms with E-state index < -0.39 is 5.91 Å². The Bertz CT molecular complexity index is 1110. The quantitative estimate of drug-likeness (QED) is 0.576. The van der Waals surface area contributed by atoms with Crippen LogP contribution in [0.25, 0.3) is 0 Å². The third kappa shape index (κ3) is 4.57. The number of methoxy groups -OCH3 is 1. The number of anilines is 3. The van der Waals surface area contributed by atoms with Gasteiger partial charge in [0.15, 0.2) is 11.5 Å². The highest BCUT2D eigenvalue weighted by Gasteiger charge is 2.20. The van der Waals surface area contributed by atoms with E-state index in [1.807, 2.05) is 45.0 Å². The fourth-order valence-corrected chi connectivity index (χ4v) is 2.90. The van der Waals surface area contributed by atoms with Crippen molar-refractivity contribution in [3.05, 3.63) is 58.8 Å². The van der Waals surface area contributed by atoms with E-state index in [0.717, 1.165) is 16.7 Å². The summed E-state index contributed by atoms with van der Waals surface area (Å²) in [6.45, 7) is 5.57. The van der Waals surface area contributed by atoms with Gasteiger partial charge in [-0.3, -0.25) is 9.59 Å². The fraction of sp³-hybridized carbons (Fsp3) is 0.238. The molecule has 156 valence electrons. The van der Waals surface area contributed by atoms with Crippen LogP contribution >= 0.6 is 0 Å². The topological polar surface area (TPSA) is 124 Å². The summed E-state index contributed by atoms with van der Waals surface area (Å²) in [4.78, 5) is 25.0. The van der Waals surface area contributed by atoms with Crippen LogP contribution in [0.5, 0.6) is 5.75 Å².